The zero-order chi connectivity index (χ0) is 20.9. The maximum absolute atomic E-state index is 12.3. The number of piperidine rings is 1. The van der Waals surface area contributed by atoms with E-state index in [0.717, 1.165) is 11.8 Å². The van der Waals surface area contributed by atoms with Gasteiger partial charge in [0, 0.05) is 29.8 Å². The van der Waals surface area contributed by atoms with Crippen LogP contribution in [0.1, 0.15) is 78.9 Å². The smallest absolute Gasteiger partial charge is 0.306 e. The molecule has 0 aliphatic carbocycles. The molecule has 28 heavy (non-hydrogen) atoms. The van der Waals surface area contributed by atoms with Crippen molar-refractivity contribution in [2.24, 2.45) is 5.92 Å². The molecule has 1 fully saturated rings. The van der Waals surface area contributed by atoms with E-state index in [1.807, 2.05) is 25.1 Å². The standard InChI is InChI=1S/C23H35NO4/c1-7-18(16-25)13-21(26)27-20-14-22(3,4)24(23(5,6)15-20)28-17(2)19-11-9-8-10-12-19/h8-12,16-18,20H,7,13-15H2,1-6H3. The number of hydroxylamine groups is 2. The zero-order valence-electron chi connectivity index (χ0n) is 18.1. The van der Waals surface area contributed by atoms with E-state index in [0.29, 0.717) is 19.3 Å². The van der Waals surface area contributed by atoms with Crippen molar-refractivity contribution in [1.29, 1.82) is 0 Å². The molecule has 0 saturated carbocycles. The summed E-state index contributed by atoms with van der Waals surface area (Å²) >= 11 is 0. The van der Waals surface area contributed by atoms with Gasteiger partial charge in [-0.25, -0.2) is 0 Å². The van der Waals surface area contributed by atoms with Gasteiger partial charge < -0.3 is 9.53 Å². The first-order valence-corrected chi connectivity index (χ1v) is 10.3. The molecule has 0 radical (unpaired) electrons. The molecule has 1 aromatic carbocycles. The van der Waals surface area contributed by atoms with Crippen molar-refractivity contribution < 1.29 is 19.2 Å². The number of aldehydes is 1. The van der Waals surface area contributed by atoms with E-state index in [1.54, 1.807) is 0 Å². The largest absolute Gasteiger partial charge is 0.462 e. The Morgan fingerprint density at radius 2 is 1.75 bits per heavy atom. The van der Waals surface area contributed by atoms with Gasteiger partial charge in [0.15, 0.2) is 0 Å². The second-order valence-electron chi connectivity index (χ2n) is 9.11. The molecule has 1 heterocycles. The van der Waals surface area contributed by atoms with Crippen molar-refractivity contribution in [1.82, 2.24) is 5.06 Å². The van der Waals surface area contributed by atoms with E-state index in [2.05, 4.69) is 51.8 Å². The predicted molar refractivity (Wildman–Crippen MR) is 110 cm³/mol. The van der Waals surface area contributed by atoms with E-state index in [1.165, 1.54) is 0 Å². The fourth-order valence-corrected chi connectivity index (χ4v) is 4.22. The number of esters is 1. The third-order valence-electron chi connectivity index (χ3n) is 5.53. The van der Waals surface area contributed by atoms with E-state index >= 15 is 0 Å². The van der Waals surface area contributed by atoms with Crippen LogP contribution in [0.5, 0.6) is 0 Å². The van der Waals surface area contributed by atoms with Crippen molar-refractivity contribution in [3.05, 3.63) is 35.9 Å². The molecule has 5 heteroatoms. The number of carbonyl (C=O) groups is 2. The Bertz CT molecular complexity index is 638. The third-order valence-corrected chi connectivity index (χ3v) is 5.53. The Balaban J connectivity index is 2.06. The zero-order valence-corrected chi connectivity index (χ0v) is 18.1. The molecule has 5 nitrogen and oxygen atoms in total. The summed E-state index contributed by atoms with van der Waals surface area (Å²) in [4.78, 5) is 29.7. The molecule has 156 valence electrons. The number of hydrogen-bond acceptors (Lipinski definition) is 5. The lowest BCUT2D eigenvalue weighted by Crippen LogP contribution is -2.62. The number of hydrogen-bond donors (Lipinski definition) is 0. The molecule has 1 aliphatic rings. The van der Waals surface area contributed by atoms with Crippen LogP contribution in [-0.4, -0.2) is 34.5 Å². The first-order valence-electron chi connectivity index (χ1n) is 10.3. The molecular weight excluding hydrogens is 354 g/mol. The van der Waals surface area contributed by atoms with Crippen LogP contribution in [0.2, 0.25) is 0 Å². The van der Waals surface area contributed by atoms with E-state index in [-0.39, 0.29) is 41.6 Å². The molecule has 0 spiro atoms. The Morgan fingerprint density at radius 1 is 1.18 bits per heavy atom. The van der Waals surface area contributed by atoms with Gasteiger partial charge in [-0.15, -0.1) is 0 Å². The Hall–Kier alpha value is -1.72. The van der Waals surface area contributed by atoms with Crippen LogP contribution in [-0.2, 0) is 19.2 Å². The molecule has 0 bridgehead atoms. The molecule has 1 saturated heterocycles. The lowest BCUT2D eigenvalue weighted by Gasteiger charge is -2.54. The molecule has 2 rings (SSSR count). The lowest BCUT2D eigenvalue weighted by atomic mass is 9.80. The highest BCUT2D eigenvalue weighted by Crippen LogP contribution is 2.41. The van der Waals surface area contributed by atoms with Gasteiger partial charge in [0.2, 0.25) is 0 Å². The summed E-state index contributed by atoms with van der Waals surface area (Å²) in [5.41, 5.74) is 0.525. The molecule has 1 aromatic rings. The highest BCUT2D eigenvalue weighted by molar-refractivity contribution is 5.73. The summed E-state index contributed by atoms with van der Waals surface area (Å²) in [6.45, 7) is 12.4. The Kier molecular flexibility index (Phi) is 7.40. The fourth-order valence-electron chi connectivity index (χ4n) is 4.22. The van der Waals surface area contributed by atoms with E-state index < -0.39 is 0 Å². The molecule has 0 aromatic heterocycles. The maximum Gasteiger partial charge on any atom is 0.306 e. The average Bonchev–Trinajstić information content (AvgIpc) is 2.62. The van der Waals surface area contributed by atoms with Crippen LogP contribution >= 0.6 is 0 Å². The number of carbonyl (C=O) groups excluding carboxylic acids is 2. The molecule has 2 atom stereocenters. The van der Waals surface area contributed by atoms with Gasteiger partial charge in [-0.2, -0.15) is 5.06 Å². The average molecular weight is 390 g/mol. The van der Waals surface area contributed by atoms with Gasteiger partial charge in [-0.1, -0.05) is 37.3 Å². The van der Waals surface area contributed by atoms with Crippen molar-refractivity contribution in [3.63, 3.8) is 0 Å². The number of nitrogens with zero attached hydrogens (tertiary/aromatic N) is 1. The number of rotatable bonds is 8. The summed E-state index contributed by atoms with van der Waals surface area (Å²) in [5, 5.41) is 2.07. The van der Waals surface area contributed by atoms with Crippen LogP contribution in [0.15, 0.2) is 30.3 Å². The second-order valence-corrected chi connectivity index (χ2v) is 9.11. The van der Waals surface area contributed by atoms with Gasteiger partial charge in [-0.3, -0.25) is 9.63 Å². The van der Waals surface area contributed by atoms with Crippen LogP contribution in [0.25, 0.3) is 0 Å². The minimum absolute atomic E-state index is 0.0724. The van der Waals surface area contributed by atoms with Gasteiger partial charge in [0.05, 0.1) is 6.42 Å². The van der Waals surface area contributed by atoms with Gasteiger partial charge in [0.1, 0.15) is 18.5 Å². The SMILES string of the molecule is CCC(C=O)CC(=O)OC1CC(C)(C)N(OC(C)c2ccccc2)C(C)(C)C1. The minimum Gasteiger partial charge on any atom is -0.462 e. The first kappa shape index (κ1) is 22.6. The molecule has 0 N–H and O–H groups in total. The predicted octanol–water partition coefficient (Wildman–Crippen LogP) is 4.86. The molecule has 2 unspecified atom stereocenters. The van der Waals surface area contributed by atoms with Crippen LogP contribution in [0.3, 0.4) is 0 Å². The fraction of sp³-hybridized carbons (Fsp3) is 0.652. The molecular formula is C23H35NO4. The number of ether oxygens (including phenoxy) is 1. The highest BCUT2D eigenvalue weighted by atomic mass is 16.7. The molecule has 0 amide bonds. The summed E-state index contributed by atoms with van der Waals surface area (Å²) in [7, 11) is 0. The van der Waals surface area contributed by atoms with Crippen molar-refractivity contribution in [2.75, 3.05) is 0 Å². The normalized spacial score (nSPS) is 21.6. The van der Waals surface area contributed by atoms with E-state index in [9.17, 15) is 9.59 Å². The van der Waals surface area contributed by atoms with Crippen LogP contribution < -0.4 is 0 Å². The highest BCUT2D eigenvalue weighted by Gasteiger charge is 2.48. The van der Waals surface area contributed by atoms with Gasteiger partial charge >= 0.3 is 5.97 Å². The van der Waals surface area contributed by atoms with Crippen LogP contribution in [0.4, 0.5) is 0 Å². The van der Waals surface area contributed by atoms with Gasteiger partial charge in [0.25, 0.3) is 0 Å². The molecule has 1 aliphatic heterocycles. The summed E-state index contributed by atoms with van der Waals surface area (Å²) in [6, 6.07) is 10.2. The quantitative estimate of drug-likeness (QED) is 0.469. The Labute approximate surface area is 169 Å². The second kappa shape index (κ2) is 9.19. The summed E-state index contributed by atoms with van der Waals surface area (Å²) in [6.07, 6.45) is 2.76. The number of benzene rings is 1. The van der Waals surface area contributed by atoms with Crippen LogP contribution in [0, 0.1) is 5.92 Å². The third kappa shape index (κ3) is 5.65. The van der Waals surface area contributed by atoms with Crippen molar-refractivity contribution in [2.45, 2.75) is 90.5 Å². The van der Waals surface area contributed by atoms with Crippen molar-refractivity contribution >= 4 is 12.3 Å². The first-order chi connectivity index (χ1) is 13.1. The summed E-state index contributed by atoms with van der Waals surface area (Å²) in [5.74, 6) is -0.550. The maximum atomic E-state index is 12.3. The van der Waals surface area contributed by atoms with Gasteiger partial charge in [-0.05, 0) is 46.6 Å². The minimum atomic E-state index is -0.301. The topological polar surface area (TPSA) is 55.8 Å². The Morgan fingerprint density at radius 3 is 2.25 bits per heavy atom. The lowest BCUT2D eigenvalue weighted by molar-refractivity contribution is -0.314. The van der Waals surface area contributed by atoms with E-state index in [4.69, 9.17) is 9.57 Å². The van der Waals surface area contributed by atoms with Crippen molar-refractivity contribution in [3.8, 4) is 0 Å². The summed E-state index contributed by atoms with van der Waals surface area (Å²) < 4.78 is 5.75. The monoisotopic (exact) mass is 389 g/mol.